The van der Waals surface area contributed by atoms with E-state index in [4.69, 9.17) is 13.9 Å². The van der Waals surface area contributed by atoms with Crippen LogP contribution in [0.3, 0.4) is 0 Å². The molecular formula is C57H57N3O3. The second kappa shape index (κ2) is 15.9. The van der Waals surface area contributed by atoms with E-state index < -0.39 is 0 Å². The molecule has 0 bridgehead atoms. The van der Waals surface area contributed by atoms with E-state index in [-0.39, 0.29) is 36.8 Å². The summed E-state index contributed by atoms with van der Waals surface area (Å²) in [6.45, 7) is 0. The zero-order valence-corrected chi connectivity index (χ0v) is 35.8. The molecule has 1 aromatic heterocycles. The van der Waals surface area contributed by atoms with Gasteiger partial charge in [-0.05, 0) is 102 Å². The van der Waals surface area contributed by atoms with E-state index in [1.54, 1.807) is 0 Å². The van der Waals surface area contributed by atoms with E-state index in [9.17, 15) is 0 Å². The molecule has 0 radical (unpaired) electrons. The van der Waals surface area contributed by atoms with Crippen molar-refractivity contribution in [3.05, 3.63) is 197 Å². The summed E-state index contributed by atoms with van der Waals surface area (Å²) in [7, 11) is 0. The lowest BCUT2D eigenvalue weighted by Crippen LogP contribution is -2.64. The van der Waals surface area contributed by atoms with Crippen LogP contribution in [0, 0.1) is 29.6 Å². The summed E-state index contributed by atoms with van der Waals surface area (Å²) in [6.07, 6.45) is 48.9. The molecule has 2 aromatic carbocycles. The lowest BCUT2D eigenvalue weighted by atomic mass is 9.76. The predicted octanol–water partition coefficient (Wildman–Crippen LogP) is 11.1. The number of nitrogens with one attached hydrogen (secondary N) is 3. The van der Waals surface area contributed by atoms with Crippen LogP contribution in [-0.2, 0) is 15.9 Å². The zero-order chi connectivity index (χ0) is 41.4. The Morgan fingerprint density at radius 1 is 0.619 bits per heavy atom. The molecular weight excluding hydrogens is 775 g/mol. The lowest BCUT2D eigenvalue weighted by molar-refractivity contribution is 0.0577. The first-order valence-corrected chi connectivity index (χ1v) is 24.0. The maximum atomic E-state index is 6.76. The minimum absolute atomic E-state index is 0.00583. The van der Waals surface area contributed by atoms with Gasteiger partial charge in [0.15, 0.2) is 0 Å². The first-order valence-electron chi connectivity index (χ1n) is 24.0. The number of furan rings is 1. The van der Waals surface area contributed by atoms with Crippen LogP contribution in [-0.4, -0.2) is 36.7 Å². The summed E-state index contributed by atoms with van der Waals surface area (Å²) in [4.78, 5) is 0. The monoisotopic (exact) mass is 831 g/mol. The molecule has 6 heteroatoms. The third-order valence-electron chi connectivity index (χ3n) is 16.1. The molecule has 0 amide bonds. The molecule has 3 aliphatic heterocycles. The van der Waals surface area contributed by atoms with Crippen molar-refractivity contribution in [2.75, 3.05) is 0 Å². The minimum Gasteiger partial charge on any atom is -0.460 e. The van der Waals surface area contributed by atoms with Gasteiger partial charge >= 0.3 is 0 Å². The van der Waals surface area contributed by atoms with E-state index in [2.05, 4.69) is 168 Å². The largest absolute Gasteiger partial charge is 0.460 e. The number of benzene rings is 2. The summed E-state index contributed by atoms with van der Waals surface area (Å²) in [5.74, 6) is 3.74. The standard InChI is InChI=1S/C57H57N3O3/c1-4-19-49-43(10-1)46-16-7-13-40(52(46)61-49)34-22-28-37(29-23-34)55-58-56(38-30-24-35(25-31-38)41-14-8-17-47-44-11-2-5-20-50(44)62-53(41)47)60-57(59-55)39-32-26-36(27-33-39)42-15-9-18-48-45-12-3-6-21-51(45)63-54(42)48/h1-5,7,9-13,15-16,18-20,22,24,26-28,30-33,35,41,43,45-46,48-49,51-52,54-60H,6,8,14,17,21,23,25,29H2. The van der Waals surface area contributed by atoms with Gasteiger partial charge in [-0.3, -0.25) is 16.0 Å². The topological polar surface area (TPSA) is 67.7 Å². The van der Waals surface area contributed by atoms with Crippen molar-refractivity contribution < 1.29 is 13.9 Å². The molecule has 13 rings (SSSR count). The van der Waals surface area contributed by atoms with Crippen molar-refractivity contribution in [1.29, 1.82) is 0 Å². The SMILES string of the molecule is C1=CC2OC3C(C4=CC=C(C5NC(C6=CCC(C7CCCc8c7oc7ccccc87)C=C6)NC(c6ccc(C7=CC=CC8C7OC7CCC=CC78)cc6)N5)CC4)=CC=CC3C2C=C1. The van der Waals surface area contributed by atoms with Crippen molar-refractivity contribution in [2.24, 2.45) is 29.6 Å². The molecule has 0 saturated carbocycles. The average Bonchev–Trinajstić information content (AvgIpc) is 4.06. The molecule has 3 saturated heterocycles. The number of hydrogen-bond donors (Lipinski definition) is 3. The van der Waals surface area contributed by atoms with Crippen molar-refractivity contribution in [3.8, 4) is 0 Å². The van der Waals surface area contributed by atoms with Gasteiger partial charge in [0.2, 0.25) is 0 Å². The Morgan fingerprint density at radius 2 is 1.43 bits per heavy atom. The molecule has 63 heavy (non-hydrogen) atoms. The minimum atomic E-state index is -0.0444. The number of hydrogen-bond acceptors (Lipinski definition) is 6. The van der Waals surface area contributed by atoms with E-state index in [0.717, 1.165) is 44.1 Å². The van der Waals surface area contributed by atoms with Gasteiger partial charge in [-0.2, -0.15) is 0 Å². The van der Waals surface area contributed by atoms with Gasteiger partial charge in [0, 0.05) is 40.5 Å². The van der Waals surface area contributed by atoms with Gasteiger partial charge in [-0.25, -0.2) is 0 Å². The molecule has 6 nitrogen and oxygen atoms in total. The Bertz CT molecular complexity index is 2660. The number of allylic oxidation sites excluding steroid dienone is 11. The van der Waals surface area contributed by atoms with Crippen LogP contribution >= 0.6 is 0 Å². The second-order valence-electron chi connectivity index (χ2n) is 19.5. The average molecular weight is 832 g/mol. The predicted molar refractivity (Wildman–Crippen MR) is 251 cm³/mol. The van der Waals surface area contributed by atoms with Gasteiger partial charge in [-0.1, -0.05) is 146 Å². The van der Waals surface area contributed by atoms with Crippen LogP contribution in [0.1, 0.15) is 79.5 Å². The fourth-order valence-corrected chi connectivity index (χ4v) is 12.9. The highest BCUT2D eigenvalue weighted by atomic mass is 16.5. The van der Waals surface area contributed by atoms with Crippen molar-refractivity contribution >= 4 is 16.5 Å². The fourth-order valence-electron chi connectivity index (χ4n) is 12.9. The van der Waals surface area contributed by atoms with Crippen LogP contribution < -0.4 is 16.0 Å². The summed E-state index contributed by atoms with van der Waals surface area (Å²) in [6, 6.07) is 17.9. The van der Waals surface area contributed by atoms with E-state index in [1.807, 2.05) is 0 Å². The number of aryl methyl sites for hydroxylation is 1. The maximum Gasteiger partial charge on any atom is 0.134 e. The number of ether oxygens (including phenoxy) is 2. The molecule has 3 N–H and O–H groups in total. The van der Waals surface area contributed by atoms with Gasteiger partial charge in [0.05, 0.1) is 42.9 Å². The highest BCUT2D eigenvalue weighted by Crippen LogP contribution is 2.48. The molecule has 3 aromatic rings. The molecule has 13 atom stereocenters. The van der Waals surface area contributed by atoms with Gasteiger partial charge < -0.3 is 13.9 Å². The van der Waals surface area contributed by atoms with Gasteiger partial charge in [0.1, 0.15) is 11.3 Å². The fraction of sp³-hybridized carbons (Fsp3) is 0.368. The van der Waals surface area contributed by atoms with E-state index in [0.29, 0.717) is 41.6 Å². The highest BCUT2D eigenvalue weighted by molar-refractivity contribution is 5.82. The molecule has 13 unspecified atom stereocenters. The molecule has 10 aliphatic rings. The lowest BCUT2D eigenvalue weighted by Gasteiger charge is -2.42. The molecule has 0 spiro atoms. The Kier molecular flexibility index (Phi) is 9.67. The maximum absolute atomic E-state index is 6.76. The summed E-state index contributed by atoms with van der Waals surface area (Å²) >= 11 is 0. The van der Waals surface area contributed by atoms with Crippen molar-refractivity contribution in [3.63, 3.8) is 0 Å². The van der Waals surface area contributed by atoms with Crippen LogP contribution in [0.15, 0.2) is 179 Å². The van der Waals surface area contributed by atoms with Gasteiger partial charge in [0.25, 0.3) is 0 Å². The van der Waals surface area contributed by atoms with Crippen molar-refractivity contribution in [2.45, 2.75) is 100 Å². The summed E-state index contributed by atoms with van der Waals surface area (Å²) in [5, 5.41) is 13.4. The molecule has 7 aliphatic carbocycles. The first kappa shape index (κ1) is 38.4. The number of fused-ring (bicyclic) bond motifs is 9. The van der Waals surface area contributed by atoms with Gasteiger partial charge in [-0.15, -0.1) is 0 Å². The summed E-state index contributed by atoms with van der Waals surface area (Å²) in [5.41, 5.74) is 11.7. The van der Waals surface area contributed by atoms with Crippen LogP contribution in [0.2, 0.25) is 0 Å². The Labute approximate surface area is 371 Å². The van der Waals surface area contributed by atoms with Crippen LogP contribution in [0.5, 0.6) is 0 Å². The number of rotatable bonds is 6. The van der Waals surface area contributed by atoms with Crippen LogP contribution in [0.25, 0.3) is 16.5 Å². The highest BCUT2D eigenvalue weighted by Gasteiger charge is 2.46. The third kappa shape index (κ3) is 6.71. The van der Waals surface area contributed by atoms with Crippen LogP contribution in [0.4, 0.5) is 0 Å². The third-order valence-corrected chi connectivity index (χ3v) is 16.1. The normalized spacial score (nSPS) is 37.3. The first-order chi connectivity index (χ1) is 31.2. The Balaban J connectivity index is 0.769. The number of para-hydroxylation sites is 1. The zero-order valence-electron chi connectivity index (χ0n) is 35.8. The molecule has 4 heterocycles. The van der Waals surface area contributed by atoms with E-state index in [1.165, 1.54) is 68.5 Å². The Hall–Kier alpha value is -5.08. The Morgan fingerprint density at radius 3 is 2.30 bits per heavy atom. The quantitative estimate of drug-likeness (QED) is 0.215. The second-order valence-corrected chi connectivity index (χ2v) is 19.5. The summed E-state index contributed by atoms with van der Waals surface area (Å²) < 4.78 is 20.1. The van der Waals surface area contributed by atoms with E-state index >= 15 is 0 Å². The molecule has 3 fully saturated rings. The molecule has 318 valence electrons. The van der Waals surface area contributed by atoms with Crippen molar-refractivity contribution in [1.82, 2.24) is 16.0 Å². The smallest absolute Gasteiger partial charge is 0.134 e.